The van der Waals surface area contributed by atoms with Gasteiger partial charge in [0.2, 0.25) is 5.88 Å². The van der Waals surface area contributed by atoms with Crippen molar-refractivity contribution in [3.63, 3.8) is 0 Å². The first-order valence-electron chi connectivity index (χ1n) is 5.05. The van der Waals surface area contributed by atoms with Crippen LogP contribution in [0.1, 0.15) is 25.7 Å². The highest BCUT2D eigenvalue weighted by Gasteiger charge is 2.26. The van der Waals surface area contributed by atoms with Crippen LogP contribution in [0.3, 0.4) is 0 Å². The lowest BCUT2D eigenvalue weighted by molar-refractivity contribution is 0.0594. The molecule has 2 rings (SSSR count). The average Bonchev–Trinajstić information content (AvgIpc) is 2.25. The van der Waals surface area contributed by atoms with Crippen molar-refractivity contribution in [3.05, 3.63) is 17.3 Å². The third-order valence-corrected chi connectivity index (χ3v) is 2.70. The Hall–Kier alpha value is -0.900. The normalized spacial score (nSPS) is 26.3. The average molecular weight is 231 g/mol. The number of rotatable bonds is 2. The second-order valence-electron chi connectivity index (χ2n) is 3.65. The molecule has 0 amide bonds. The van der Waals surface area contributed by atoms with Gasteiger partial charge in [-0.25, -0.2) is 4.39 Å². The van der Waals surface area contributed by atoms with E-state index in [0.29, 0.717) is 17.5 Å². The molecule has 3 nitrogen and oxygen atoms in total. The monoisotopic (exact) mass is 230 g/mol. The molecule has 15 heavy (non-hydrogen) atoms. The Labute approximate surface area is 92.6 Å². The summed E-state index contributed by atoms with van der Waals surface area (Å²) in [4.78, 5) is 0. The fourth-order valence-electron chi connectivity index (χ4n) is 1.71. The highest BCUT2D eigenvalue weighted by atomic mass is 35.5. The van der Waals surface area contributed by atoms with E-state index in [2.05, 4.69) is 10.2 Å². The lowest BCUT2D eigenvalue weighted by atomic mass is 9.96. The van der Waals surface area contributed by atoms with Crippen LogP contribution in [-0.4, -0.2) is 22.5 Å². The summed E-state index contributed by atoms with van der Waals surface area (Å²) in [6, 6.07) is 3.19. The zero-order chi connectivity index (χ0) is 10.7. The van der Waals surface area contributed by atoms with Crippen LogP contribution in [0.15, 0.2) is 12.1 Å². The molecule has 1 saturated carbocycles. The molecule has 0 spiro atoms. The Morgan fingerprint density at radius 1 is 1.27 bits per heavy atom. The van der Waals surface area contributed by atoms with Crippen molar-refractivity contribution >= 4 is 11.6 Å². The molecule has 5 heteroatoms. The molecule has 1 aliphatic rings. The van der Waals surface area contributed by atoms with Gasteiger partial charge in [-0.1, -0.05) is 18.0 Å². The SMILES string of the molecule is FC1CCCC[C@@H]1Oc1ccc(Cl)nn1. The maximum Gasteiger partial charge on any atom is 0.233 e. The van der Waals surface area contributed by atoms with E-state index in [1.165, 1.54) is 0 Å². The van der Waals surface area contributed by atoms with E-state index in [9.17, 15) is 4.39 Å². The van der Waals surface area contributed by atoms with E-state index in [1.807, 2.05) is 0 Å². The summed E-state index contributed by atoms with van der Waals surface area (Å²) in [5, 5.41) is 7.68. The minimum absolute atomic E-state index is 0.308. The maximum atomic E-state index is 13.4. The van der Waals surface area contributed by atoms with Crippen LogP contribution in [0.4, 0.5) is 4.39 Å². The van der Waals surface area contributed by atoms with E-state index < -0.39 is 6.17 Å². The highest BCUT2D eigenvalue weighted by Crippen LogP contribution is 2.24. The number of aromatic nitrogens is 2. The zero-order valence-electron chi connectivity index (χ0n) is 8.20. The molecule has 0 saturated heterocycles. The standard InChI is InChI=1S/C10H12ClFN2O/c11-9-5-6-10(14-13-9)15-8-4-2-1-3-7(8)12/h5-8H,1-4H2/t7?,8-/m0/s1. The van der Waals surface area contributed by atoms with Crippen LogP contribution in [-0.2, 0) is 0 Å². The fourth-order valence-corrected chi connectivity index (χ4v) is 1.81. The summed E-state index contributed by atoms with van der Waals surface area (Å²) in [7, 11) is 0. The zero-order valence-corrected chi connectivity index (χ0v) is 8.95. The summed E-state index contributed by atoms with van der Waals surface area (Å²) in [5.74, 6) is 0.342. The van der Waals surface area contributed by atoms with Gasteiger partial charge in [-0.2, -0.15) is 0 Å². The molecule has 1 aromatic heterocycles. The van der Waals surface area contributed by atoms with Crippen molar-refractivity contribution in [2.24, 2.45) is 0 Å². The number of nitrogens with zero attached hydrogens (tertiary/aromatic N) is 2. The topological polar surface area (TPSA) is 35.0 Å². The summed E-state index contributed by atoms with van der Waals surface area (Å²) in [5.41, 5.74) is 0. The van der Waals surface area contributed by atoms with Gasteiger partial charge in [-0.05, 0) is 25.3 Å². The van der Waals surface area contributed by atoms with Gasteiger partial charge in [-0.3, -0.25) is 0 Å². The molecule has 0 radical (unpaired) electrons. The lowest BCUT2D eigenvalue weighted by Crippen LogP contribution is -2.31. The molecule has 2 atom stereocenters. The molecule has 1 fully saturated rings. The molecule has 1 heterocycles. The van der Waals surface area contributed by atoms with Gasteiger partial charge in [0.05, 0.1) is 0 Å². The first-order valence-corrected chi connectivity index (χ1v) is 5.43. The number of alkyl halides is 1. The van der Waals surface area contributed by atoms with Crippen molar-refractivity contribution in [1.82, 2.24) is 10.2 Å². The van der Waals surface area contributed by atoms with Crippen molar-refractivity contribution in [1.29, 1.82) is 0 Å². The molecule has 1 unspecified atom stereocenters. The van der Waals surface area contributed by atoms with Crippen LogP contribution in [0.25, 0.3) is 0 Å². The summed E-state index contributed by atoms with van der Waals surface area (Å²) in [6.45, 7) is 0. The molecule has 0 aliphatic heterocycles. The smallest absolute Gasteiger partial charge is 0.233 e. The van der Waals surface area contributed by atoms with Crippen molar-refractivity contribution in [2.75, 3.05) is 0 Å². The summed E-state index contributed by atoms with van der Waals surface area (Å²) < 4.78 is 18.8. The van der Waals surface area contributed by atoms with Gasteiger partial charge in [0.15, 0.2) is 5.15 Å². The van der Waals surface area contributed by atoms with Gasteiger partial charge in [0.25, 0.3) is 0 Å². The molecule has 0 aromatic carbocycles. The minimum atomic E-state index is -0.892. The molecule has 0 bridgehead atoms. The molecule has 1 aliphatic carbocycles. The highest BCUT2D eigenvalue weighted by molar-refractivity contribution is 6.29. The largest absolute Gasteiger partial charge is 0.470 e. The van der Waals surface area contributed by atoms with E-state index >= 15 is 0 Å². The van der Waals surface area contributed by atoms with Crippen molar-refractivity contribution < 1.29 is 9.13 Å². The number of ether oxygens (including phenoxy) is 1. The van der Waals surface area contributed by atoms with Gasteiger partial charge >= 0.3 is 0 Å². The summed E-state index contributed by atoms with van der Waals surface area (Å²) in [6.07, 6.45) is 1.99. The Bertz CT molecular complexity index is 320. The van der Waals surface area contributed by atoms with Gasteiger partial charge < -0.3 is 4.74 Å². The van der Waals surface area contributed by atoms with Crippen LogP contribution < -0.4 is 4.74 Å². The lowest BCUT2D eigenvalue weighted by Gasteiger charge is -2.25. The van der Waals surface area contributed by atoms with Gasteiger partial charge in [0, 0.05) is 6.07 Å². The number of hydrogen-bond acceptors (Lipinski definition) is 3. The summed E-state index contributed by atoms with van der Waals surface area (Å²) >= 11 is 5.58. The Morgan fingerprint density at radius 2 is 2.07 bits per heavy atom. The van der Waals surface area contributed by atoms with Gasteiger partial charge in [-0.15, -0.1) is 10.2 Å². The maximum absolute atomic E-state index is 13.4. The quantitative estimate of drug-likeness (QED) is 0.784. The van der Waals surface area contributed by atoms with E-state index in [0.717, 1.165) is 19.3 Å². The van der Waals surface area contributed by atoms with Gasteiger partial charge in [0.1, 0.15) is 12.3 Å². The minimum Gasteiger partial charge on any atom is -0.470 e. The number of halogens is 2. The van der Waals surface area contributed by atoms with Crippen LogP contribution in [0.5, 0.6) is 5.88 Å². The molecule has 82 valence electrons. The Balaban J connectivity index is 1.98. The first kappa shape index (κ1) is 10.6. The third kappa shape index (κ3) is 2.78. The molecule has 1 aromatic rings. The van der Waals surface area contributed by atoms with Crippen molar-refractivity contribution in [3.8, 4) is 5.88 Å². The van der Waals surface area contributed by atoms with Crippen LogP contribution in [0, 0.1) is 0 Å². The predicted molar refractivity (Wildman–Crippen MR) is 54.8 cm³/mol. The van der Waals surface area contributed by atoms with E-state index in [4.69, 9.17) is 16.3 Å². The number of hydrogen-bond donors (Lipinski definition) is 0. The second kappa shape index (κ2) is 4.75. The Morgan fingerprint density at radius 3 is 2.73 bits per heavy atom. The predicted octanol–water partition coefficient (Wildman–Crippen LogP) is 2.79. The van der Waals surface area contributed by atoms with E-state index in [-0.39, 0.29) is 6.10 Å². The first-order chi connectivity index (χ1) is 7.25. The van der Waals surface area contributed by atoms with Crippen molar-refractivity contribution in [2.45, 2.75) is 38.0 Å². The second-order valence-corrected chi connectivity index (χ2v) is 4.04. The van der Waals surface area contributed by atoms with E-state index in [1.54, 1.807) is 12.1 Å². The molecular weight excluding hydrogens is 219 g/mol. The third-order valence-electron chi connectivity index (χ3n) is 2.50. The fraction of sp³-hybridized carbons (Fsp3) is 0.600. The molecule has 0 N–H and O–H groups in total. The van der Waals surface area contributed by atoms with Crippen LogP contribution in [0.2, 0.25) is 5.15 Å². The van der Waals surface area contributed by atoms with Crippen LogP contribution >= 0.6 is 11.6 Å². The molecular formula is C10H12ClFN2O. The Kier molecular flexibility index (Phi) is 3.36.